The van der Waals surface area contributed by atoms with Crippen molar-refractivity contribution in [2.45, 2.75) is 108 Å². The maximum Gasteiger partial charge on any atom is 0.223 e. The summed E-state index contributed by atoms with van der Waals surface area (Å²) in [6, 6.07) is 14.4. The van der Waals surface area contributed by atoms with E-state index in [1.165, 1.54) is 6.33 Å². The molecule has 3 aliphatic carbocycles. The Morgan fingerprint density at radius 3 is 1.91 bits per heavy atom. The lowest BCUT2D eigenvalue weighted by Crippen LogP contribution is -2.45. The van der Waals surface area contributed by atoms with Gasteiger partial charge in [0.15, 0.2) is 0 Å². The molecule has 19 heteroatoms. The highest BCUT2D eigenvalue weighted by atomic mass is 16.5. The highest BCUT2D eigenvalue weighted by molar-refractivity contribution is 5.60. The van der Waals surface area contributed by atoms with Gasteiger partial charge in [0.25, 0.3) is 0 Å². The van der Waals surface area contributed by atoms with Gasteiger partial charge in [0.1, 0.15) is 24.3 Å². The van der Waals surface area contributed by atoms with Gasteiger partial charge < -0.3 is 46.1 Å². The molecule has 0 radical (unpaired) electrons. The fraction of sp³-hybridized carbons (Fsp3) is 0.633. The summed E-state index contributed by atoms with van der Waals surface area (Å²) < 4.78 is 16.3. The molecule has 4 aromatic heterocycles. The van der Waals surface area contributed by atoms with E-state index < -0.39 is 10.8 Å². The molecule has 0 aromatic carbocycles. The van der Waals surface area contributed by atoms with E-state index in [0.29, 0.717) is 135 Å². The summed E-state index contributed by atoms with van der Waals surface area (Å²) in [6.45, 7) is 8.46. The summed E-state index contributed by atoms with van der Waals surface area (Å²) in [4.78, 5) is 36.9. The van der Waals surface area contributed by atoms with E-state index in [9.17, 15) is 10.5 Å². The molecule has 68 heavy (non-hydrogen) atoms. The van der Waals surface area contributed by atoms with Crippen LogP contribution in [0.15, 0.2) is 49.3 Å². The van der Waals surface area contributed by atoms with Crippen LogP contribution in [0.1, 0.15) is 78.1 Å². The van der Waals surface area contributed by atoms with Crippen molar-refractivity contribution >= 4 is 23.5 Å². The highest BCUT2D eigenvalue weighted by Gasteiger charge is 2.60. The molecule has 6 N–H and O–H groups in total. The summed E-state index contributed by atoms with van der Waals surface area (Å²) in [5.41, 5.74) is 1.69. The molecule has 4 aromatic rings. The fourth-order valence-electron chi connectivity index (χ4n) is 10.6. The Labute approximate surface area is 400 Å². The molecule has 3 saturated carbocycles. The Morgan fingerprint density at radius 2 is 1.28 bits per heavy atom. The van der Waals surface area contributed by atoms with Crippen LogP contribution in [0.5, 0.6) is 0 Å². The molecule has 1 saturated heterocycles. The third-order valence-electron chi connectivity index (χ3n) is 14.4. The van der Waals surface area contributed by atoms with Crippen molar-refractivity contribution in [1.82, 2.24) is 50.5 Å². The molecule has 7 atom stereocenters. The molecule has 4 aliphatic rings. The average molecular weight is 929 g/mol. The van der Waals surface area contributed by atoms with Gasteiger partial charge >= 0.3 is 0 Å². The number of nitrogens with zero attached hydrogens (tertiary/aromatic N) is 10. The smallest absolute Gasteiger partial charge is 0.223 e. The zero-order valence-corrected chi connectivity index (χ0v) is 40.0. The second-order valence-electron chi connectivity index (χ2n) is 19.5. The van der Waals surface area contributed by atoms with Crippen molar-refractivity contribution in [2.24, 2.45) is 28.6 Å². The molecule has 19 nitrogen and oxygen atoms in total. The van der Waals surface area contributed by atoms with E-state index in [1.807, 2.05) is 24.3 Å². The van der Waals surface area contributed by atoms with Gasteiger partial charge in [0.05, 0.1) is 59.0 Å². The molecular formula is C49H68N16O3. The van der Waals surface area contributed by atoms with E-state index in [2.05, 4.69) is 87.8 Å². The van der Waals surface area contributed by atoms with Gasteiger partial charge in [0, 0.05) is 102 Å². The van der Waals surface area contributed by atoms with Crippen LogP contribution < -0.4 is 31.9 Å². The second kappa shape index (κ2) is 23.1. The quantitative estimate of drug-likeness (QED) is 0.0551. The van der Waals surface area contributed by atoms with Gasteiger partial charge in [-0.2, -0.15) is 10.5 Å². The number of ether oxygens (including phenoxy) is 3. The molecule has 4 fully saturated rings. The summed E-state index contributed by atoms with van der Waals surface area (Å²) in [6.07, 6.45) is 16.0. The van der Waals surface area contributed by atoms with E-state index in [4.69, 9.17) is 24.2 Å². The summed E-state index contributed by atoms with van der Waals surface area (Å²) in [5, 5.41) is 42.2. The number of methoxy groups -OCH3 is 2. The molecule has 4 unspecified atom stereocenters. The standard InChI is InChI=1S/C49H68N16O3/c1-32(24-66-3)61-35-7-9-36(10-8-35)63-47-53-16-12-41(65-47)43-21-45(60-31-58-43)56-29-49(27-51)22-39(49)38-19-37(62-33(2)25-67-4)6-5-34(38)23-54-46-52-15-11-40(64-46)42-20-44(59-30-57-42)55-28-48(26-50)13-17-68-18-14-48/h11-12,15-16,20-21,30-39,61-62H,5-10,13-14,17-19,22-25,28-29H2,1-4H3,(H,52,54,64)(H,53,63,65)(H,55,57,59)(H,56,58,60)/t32-,33-,34?,35?,36?,37+,38?,39?,49?/m0/s1. The zero-order valence-electron chi connectivity index (χ0n) is 40.0. The van der Waals surface area contributed by atoms with Crippen LogP contribution in [0.4, 0.5) is 23.5 Å². The molecule has 0 bridgehead atoms. The third kappa shape index (κ3) is 12.7. The highest BCUT2D eigenvalue weighted by Crippen LogP contribution is 2.60. The topological polar surface area (TPSA) is 251 Å². The van der Waals surface area contributed by atoms with Crippen molar-refractivity contribution in [3.8, 4) is 34.9 Å². The lowest BCUT2D eigenvalue weighted by molar-refractivity contribution is 0.0455. The van der Waals surface area contributed by atoms with Crippen molar-refractivity contribution in [3.05, 3.63) is 49.3 Å². The van der Waals surface area contributed by atoms with Gasteiger partial charge in [-0.1, -0.05) is 0 Å². The van der Waals surface area contributed by atoms with Crippen LogP contribution in [0.25, 0.3) is 22.8 Å². The molecular weight excluding hydrogens is 861 g/mol. The number of nitrogens with one attached hydrogen (secondary N) is 6. The second-order valence-corrected chi connectivity index (χ2v) is 19.5. The SMILES string of the molecule is COC[C@H](C)NC1CCC(Nc2nccc(-c3cc(NCC4(C#N)CC4C4C[C@H](N[C@@H](C)COC)CCC4CNc4nccc(-c5cc(NCC6(C#N)CCOCC6)ncn5)n4)ncn3)n2)CC1. The van der Waals surface area contributed by atoms with Crippen molar-refractivity contribution in [3.63, 3.8) is 0 Å². The summed E-state index contributed by atoms with van der Waals surface area (Å²) >= 11 is 0. The Balaban J connectivity index is 0.890. The number of aromatic nitrogens is 8. The molecule has 8 rings (SSSR count). The largest absolute Gasteiger partial charge is 0.383 e. The molecule has 0 spiro atoms. The normalized spacial score (nSPS) is 26.3. The van der Waals surface area contributed by atoms with E-state index >= 15 is 0 Å². The van der Waals surface area contributed by atoms with E-state index in [-0.39, 0.29) is 17.9 Å². The van der Waals surface area contributed by atoms with E-state index in [0.717, 1.165) is 51.4 Å². The lowest BCUT2D eigenvalue weighted by Gasteiger charge is -2.39. The van der Waals surface area contributed by atoms with Gasteiger partial charge in [-0.3, -0.25) is 0 Å². The van der Waals surface area contributed by atoms with Gasteiger partial charge in [-0.25, -0.2) is 39.9 Å². The first-order valence-electron chi connectivity index (χ1n) is 24.4. The van der Waals surface area contributed by atoms with Crippen LogP contribution >= 0.6 is 0 Å². The first kappa shape index (κ1) is 48.7. The van der Waals surface area contributed by atoms with Gasteiger partial charge in [-0.05, 0) is 108 Å². The van der Waals surface area contributed by atoms with Crippen molar-refractivity contribution in [1.29, 1.82) is 10.5 Å². The number of hydrogen-bond donors (Lipinski definition) is 6. The van der Waals surface area contributed by atoms with Gasteiger partial charge in [-0.15, -0.1) is 0 Å². The number of anilines is 4. The third-order valence-corrected chi connectivity index (χ3v) is 14.4. The summed E-state index contributed by atoms with van der Waals surface area (Å²) in [7, 11) is 3.48. The average Bonchev–Trinajstić information content (AvgIpc) is 4.10. The van der Waals surface area contributed by atoms with Crippen molar-refractivity contribution in [2.75, 3.05) is 81.5 Å². The molecule has 362 valence electrons. The minimum Gasteiger partial charge on any atom is -0.383 e. The van der Waals surface area contributed by atoms with Crippen LogP contribution in [-0.4, -0.2) is 130 Å². The Kier molecular flexibility index (Phi) is 16.5. The molecule has 0 amide bonds. The Morgan fingerprint density at radius 1 is 0.691 bits per heavy atom. The van der Waals surface area contributed by atoms with Gasteiger partial charge in [0.2, 0.25) is 11.9 Å². The minimum atomic E-state index is -0.538. The number of rotatable bonds is 22. The Hall–Kier alpha value is -5.70. The maximum atomic E-state index is 10.8. The van der Waals surface area contributed by atoms with Crippen LogP contribution in [0, 0.1) is 51.2 Å². The zero-order chi connectivity index (χ0) is 47.4. The first-order chi connectivity index (χ1) is 33.2. The van der Waals surface area contributed by atoms with Crippen LogP contribution in [-0.2, 0) is 14.2 Å². The van der Waals surface area contributed by atoms with Crippen molar-refractivity contribution < 1.29 is 14.2 Å². The summed E-state index contributed by atoms with van der Waals surface area (Å²) in [5.74, 6) is 3.19. The predicted octanol–water partition coefficient (Wildman–Crippen LogP) is 5.72. The van der Waals surface area contributed by atoms with E-state index in [1.54, 1.807) is 32.9 Å². The predicted molar refractivity (Wildman–Crippen MR) is 259 cm³/mol. The maximum absolute atomic E-state index is 10.8. The first-order valence-corrected chi connectivity index (χ1v) is 24.4. The fourth-order valence-corrected chi connectivity index (χ4v) is 10.6. The number of nitriles is 2. The monoisotopic (exact) mass is 929 g/mol. The number of hydrogen-bond acceptors (Lipinski definition) is 19. The van der Waals surface area contributed by atoms with Crippen LogP contribution in [0.2, 0.25) is 0 Å². The Bertz CT molecular complexity index is 2330. The lowest BCUT2D eigenvalue weighted by atomic mass is 9.72. The van der Waals surface area contributed by atoms with Crippen LogP contribution in [0.3, 0.4) is 0 Å². The minimum absolute atomic E-state index is 0.200. The molecule has 5 heterocycles. The molecule has 1 aliphatic heterocycles.